The highest BCUT2D eigenvalue weighted by Gasteiger charge is 2.08. The molecule has 0 aliphatic carbocycles. The Balaban J connectivity index is 2.60. The fraction of sp³-hybridized carbons (Fsp3) is 0.100. The maximum atomic E-state index is 11.6. The summed E-state index contributed by atoms with van der Waals surface area (Å²) < 4.78 is 1.17. The molecule has 0 atom stereocenters. The molecule has 1 aromatic carbocycles. The van der Waals surface area contributed by atoms with Crippen LogP contribution in [0.4, 0.5) is 5.69 Å². The van der Waals surface area contributed by atoms with Gasteiger partial charge in [0.05, 0.1) is 11.4 Å². The lowest BCUT2D eigenvalue weighted by Crippen LogP contribution is -2.02. The minimum Gasteiger partial charge on any atom is -0.857 e. The van der Waals surface area contributed by atoms with Gasteiger partial charge < -0.3 is 5.11 Å². The molecule has 76 valence electrons. The van der Waals surface area contributed by atoms with Gasteiger partial charge in [0.15, 0.2) is 0 Å². The lowest BCUT2D eigenvalue weighted by molar-refractivity contribution is -0.276. The van der Waals surface area contributed by atoms with E-state index in [0.717, 1.165) is 0 Å². The van der Waals surface area contributed by atoms with E-state index in [0.29, 0.717) is 11.4 Å². The Kier molecular flexibility index (Phi) is 2.21. The molecule has 0 fully saturated rings. The van der Waals surface area contributed by atoms with Crippen molar-refractivity contribution >= 4 is 5.69 Å². The normalized spacial score (nSPS) is 10.2. The van der Waals surface area contributed by atoms with Gasteiger partial charge in [0, 0.05) is 5.88 Å². The number of aryl methyl sites for hydroxylation is 1. The number of nitrogens with zero attached hydrogens (tertiary/aromatic N) is 3. The molecular weight excluding hydrogens is 194 g/mol. The predicted octanol–water partition coefficient (Wildman–Crippen LogP) is 1.65. The van der Waals surface area contributed by atoms with Crippen molar-refractivity contribution in [2.45, 2.75) is 6.92 Å². The first-order valence-corrected chi connectivity index (χ1v) is 4.39. The summed E-state index contributed by atoms with van der Waals surface area (Å²) in [5, 5.41) is 18.3. The van der Waals surface area contributed by atoms with Crippen LogP contribution in [0.25, 0.3) is 5.69 Å². The van der Waals surface area contributed by atoms with Crippen molar-refractivity contribution in [3.05, 3.63) is 40.9 Å². The van der Waals surface area contributed by atoms with Crippen molar-refractivity contribution in [2.75, 3.05) is 0 Å². The fourth-order valence-corrected chi connectivity index (χ4v) is 1.35. The second-order valence-electron chi connectivity index (χ2n) is 3.08. The van der Waals surface area contributed by atoms with Crippen molar-refractivity contribution in [3.8, 4) is 11.6 Å². The van der Waals surface area contributed by atoms with Crippen molar-refractivity contribution in [1.29, 1.82) is 0 Å². The maximum Gasteiger partial charge on any atom is 0.141 e. The van der Waals surface area contributed by atoms with E-state index in [1.807, 2.05) is 6.07 Å². The van der Waals surface area contributed by atoms with Crippen LogP contribution < -0.4 is 5.11 Å². The second kappa shape index (κ2) is 3.53. The first-order valence-electron chi connectivity index (χ1n) is 4.39. The van der Waals surface area contributed by atoms with Crippen LogP contribution in [0.5, 0.6) is 5.88 Å². The monoisotopic (exact) mass is 202 g/mol. The van der Waals surface area contributed by atoms with Gasteiger partial charge in [0.1, 0.15) is 5.69 Å². The van der Waals surface area contributed by atoms with Crippen LogP contribution in [0, 0.1) is 11.8 Å². The van der Waals surface area contributed by atoms with Crippen LogP contribution >= 0.6 is 0 Å². The number of aromatic nitrogens is 2. The molecule has 0 aliphatic rings. The summed E-state index contributed by atoms with van der Waals surface area (Å²) in [6, 6.07) is 8.90. The molecule has 5 heteroatoms. The third-order valence-corrected chi connectivity index (χ3v) is 2.08. The molecular formula is C10H8N3O2-. The van der Waals surface area contributed by atoms with Gasteiger partial charge in [-0.3, -0.25) is 0 Å². The summed E-state index contributed by atoms with van der Waals surface area (Å²) in [4.78, 5) is 10.4. The fourth-order valence-electron chi connectivity index (χ4n) is 1.35. The molecule has 2 rings (SSSR count). The van der Waals surface area contributed by atoms with Gasteiger partial charge in [0.2, 0.25) is 0 Å². The highest BCUT2D eigenvalue weighted by molar-refractivity contribution is 5.53. The van der Waals surface area contributed by atoms with Gasteiger partial charge in [-0.05, 0) is 24.2 Å². The number of hydrogen-bond acceptors (Lipinski definition) is 4. The van der Waals surface area contributed by atoms with Crippen LogP contribution in [0.15, 0.2) is 35.5 Å². The van der Waals surface area contributed by atoms with Crippen molar-refractivity contribution in [1.82, 2.24) is 9.78 Å². The molecule has 1 heterocycles. The third-order valence-electron chi connectivity index (χ3n) is 2.08. The van der Waals surface area contributed by atoms with E-state index >= 15 is 0 Å². The average Bonchev–Trinajstić information content (AvgIpc) is 2.55. The standard InChI is InChI=1S/C10H9N3O2/c1-7-9(12-15)10(14)13(11-7)8-5-3-2-4-6-8/h2-6,14H,1H3/p-1. The Morgan fingerprint density at radius 3 is 2.53 bits per heavy atom. The zero-order valence-corrected chi connectivity index (χ0v) is 8.04. The van der Waals surface area contributed by atoms with Gasteiger partial charge in [-0.15, -0.1) is 4.91 Å². The molecule has 0 saturated carbocycles. The molecule has 0 amide bonds. The van der Waals surface area contributed by atoms with Gasteiger partial charge in [-0.2, -0.15) is 5.10 Å². The molecule has 0 radical (unpaired) electrons. The number of para-hydroxylation sites is 1. The minimum absolute atomic E-state index is 0.126. The van der Waals surface area contributed by atoms with Gasteiger partial charge in [0.25, 0.3) is 0 Å². The zero-order valence-electron chi connectivity index (χ0n) is 8.04. The molecule has 0 saturated heterocycles. The van der Waals surface area contributed by atoms with Gasteiger partial charge >= 0.3 is 0 Å². The highest BCUT2D eigenvalue weighted by atomic mass is 16.3. The van der Waals surface area contributed by atoms with Crippen LogP contribution in [-0.2, 0) is 0 Å². The van der Waals surface area contributed by atoms with Crippen LogP contribution in [0.1, 0.15) is 5.69 Å². The summed E-state index contributed by atoms with van der Waals surface area (Å²) >= 11 is 0. The molecule has 0 spiro atoms. The molecule has 0 bridgehead atoms. The van der Waals surface area contributed by atoms with E-state index in [9.17, 15) is 10.0 Å². The van der Waals surface area contributed by atoms with E-state index in [1.54, 1.807) is 31.2 Å². The number of rotatable bonds is 2. The van der Waals surface area contributed by atoms with E-state index in [1.165, 1.54) is 4.68 Å². The quantitative estimate of drug-likeness (QED) is 0.695. The number of hydrogen-bond donors (Lipinski definition) is 0. The summed E-state index contributed by atoms with van der Waals surface area (Å²) in [7, 11) is 0. The molecule has 15 heavy (non-hydrogen) atoms. The first kappa shape index (κ1) is 9.39. The molecule has 1 aromatic heterocycles. The van der Waals surface area contributed by atoms with E-state index in [4.69, 9.17) is 0 Å². The molecule has 0 unspecified atom stereocenters. The number of nitroso groups, excluding NO2 is 1. The Bertz CT molecular complexity index is 491. The van der Waals surface area contributed by atoms with Crippen molar-refractivity contribution < 1.29 is 5.11 Å². The van der Waals surface area contributed by atoms with Gasteiger partial charge in [-0.25, -0.2) is 4.68 Å². The van der Waals surface area contributed by atoms with Crippen molar-refractivity contribution in [3.63, 3.8) is 0 Å². The SMILES string of the molecule is Cc1nn(-c2ccccc2)c([O-])c1N=O. The van der Waals surface area contributed by atoms with E-state index < -0.39 is 5.88 Å². The zero-order chi connectivity index (χ0) is 10.8. The topological polar surface area (TPSA) is 70.3 Å². The average molecular weight is 202 g/mol. The highest BCUT2D eigenvalue weighted by Crippen LogP contribution is 2.29. The molecule has 0 aliphatic heterocycles. The summed E-state index contributed by atoms with van der Waals surface area (Å²) in [5.41, 5.74) is 0.846. The third kappa shape index (κ3) is 1.48. The van der Waals surface area contributed by atoms with E-state index in [-0.39, 0.29) is 5.69 Å². The summed E-state index contributed by atoms with van der Waals surface area (Å²) in [6.45, 7) is 1.58. The smallest absolute Gasteiger partial charge is 0.141 e. The predicted molar refractivity (Wildman–Crippen MR) is 53.2 cm³/mol. The largest absolute Gasteiger partial charge is 0.857 e. The summed E-state index contributed by atoms with van der Waals surface area (Å²) in [6.07, 6.45) is 0. The Morgan fingerprint density at radius 1 is 1.33 bits per heavy atom. The van der Waals surface area contributed by atoms with Crippen LogP contribution in [0.2, 0.25) is 0 Å². The van der Waals surface area contributed by atoms with Crippen LogP contribution in [-0.4, -0.2) is 9.78 Å². The maximum absolute atomic E-state index is 11.6. The minimum atomic E-state index is -0.478. The van der Waals surface area contributed by atoms with Crippen molar-refractivity contribution in [2.24, 2.45) is 5.18 Å². The van der Waals surface area contributed by atoms with Crippen LogP contribution in [0.3, 0.4) is 0 Å². The summed E-state index contributed by atoms with van der Waals surface area (Å²) in [5.74, 6) is -0.478. The molecule has 0 N–H and O–H groups in total. The van der Waals surface area contributed by atoms with Gasteiger partial charge in [-0.1, -0.05) is 18.2 Å². The molecule has 5 nitrogen and oxygen atoms in total. The number of benzene rings is 1. The lowest BCUT2D eigenvalue weighted by Gasteiger charge is -2.09. The second-order valence-corrected chi connectivity index (χ2v) is 3.08. The Hall–Kier alpha value is -2.17. The lowest BCUT2D eigenvalue weighted by atomic mass is 10.3. The Morgan fingerprint density at radius 2 is 2.00 bits per heavy atom. The molecule has 2 aromatic rings. The first-order chi connectivity index (χ1) is 7.24. The van der Waals surface area contributed by atoms with E-state index in [2.05, 4.69) is 10.3 Å². The Labute approximate surface area is 85.9 Å².